The Morgan fingerprint density at radius 2 is 1.47 bits per heavy atom. The molecule has 1 heterocycles. The first kappa shape index (κ1) is 17.2. The summed E-state index contributed by atoms with van der Waals surface area (Å²) in [6.07, 6.45) is -4.95. The van der Waals surface area contributed by atoms with Crippen LogP contribution >= 0.6 is 0 Å². The van der Waals surface area contributed by atoms with Crippen LogP contribution in [0.5, 0.6) is 0 Å². The van der Waals surface area contributed by atoms with Crippen molar-refractivity contribution < 1.29 is 17.9 Å². The monoisotopic (exact) mass is 228 g/mol. The molecular weight excluding hydrogens is 205 g/mol. The molecule has 0 aromatic heterocycles. The lowest BCUT2D eigenvalue weighted by Crippen LogP contribution is -2.36. The first-order valence-corrected chi connectivity index (χ1v) is 5.68. The summed E-state index contributed by atoms with van der Waals surface area (Å²) >= 11 is 0. The molecule has 0 aromatic rings. The number of alkyl halides is 3. The normalized spacial score (nSPS) is 25.6. The molecule has 2 atom stereocenters. The molecular formula is C11H23F3O. The fourth-order valence-electron chi connectivity index (χ4n) is 1.14. The Hall–Kier alpha value is -0.250. The van der Waals surface area contributed by atoms with Gasteiger partial charge in [0.25, 0.3) is 0 Å². The Morgan fingerprint density at radius 1 is 1.00 bits per heavy atom. The second-order valence-corrected chi connectivity index (χ2v) is 3.05. The van der Waals surface area contributed by atoms with Gasteiger partial charge in [0.2, 0.25) is 0 Å². The van der Waals surface area contributed by atoms with Crippen LogP contribution in [0.4, 0.5) is 13.2 Å². The van der Waals surface area contributed by atoms with Crippen molar-refractivity contribution in [3.63, 3.8) is 0 Å². The third-order valence-corrected chi connectivity index (χ3v) is 1.87. The summed E-state index contributed by atoms with van der Waals surface area (Å²) < 4.78 is 40.5. The third kappa shape index (κ3) is 7.65. The van der Waals surface area contributed by atoms with Crippen LogP contribution in [-0.4, -0.2) is 18.9 Å². The van der Waals surface area contributed by atoms with Crippen LogP contribution in [0.15, 0.2) is 0 Å². The summed E-state index contributed by atoms with van der Waals surface area (Å²) in [5, 5.41) is 0. The van der Waals surface area contributed by atoms with Crippen molar-refractivity contribution >= 4 is 0 Å². The Bertz CT molecular complexity index is 126. The third-order valence-electron chi connectivity index (χ3n) is 1.87. The van der Waals surface area contributed by atoms with Crippen molar-refractivity contribution in [1.82, 2.24) is 0 Å². The maximum Gasteiger partial charge on any atom is 0.414 e. The molecule has 1 rings (SSSR count). The van der Waals surface area contributed by atoms with Crippen LogP contribution in [0.1, 0.15) is 47.5 Å². The molecule has 94 valence electrons. The van der Waals surface area contributed by atoms with Gasteiger partial charge in [-0.2, -0.15) is 13.2 Å². The molecule has 0 N–H and O–H groups in total. The highest BCUT2D eigenvalue weighted by Crippen LogP contribution is 2.31. The number of hydrogen-bond donors (Lipinski definition) is 0. The molecule has 0 amide bonds. The SMILES string of the molecule is CC.CC.CC1CCC(C(F)(F)F)OC1. The first-order valence-electron chi connectivity index (χ1n) is 5.68. The largest absolute Gasteiger partial charge is 0.414 e. The fourth-order valence-corrected chi connectivity index (χ4v) is 1.14. The summed E-state index contributed by atoms with van der Waals surface area (Å²) in [6, 6.07) is 0. The van der Waals surface area contributed by atoms with Gasteiger partial charge < -0.3 is 4.74 Å². The summed E-state index contributed by atoms with van der Waals surface area (Å²) in [5.74, 6) is 0.272. The molecule has 4 heteroatoms. The lowest BCUT2D eigenvalue weighted by Gasteiger charge is -2.28. The molecule has 0 spiro atoms. The molecule has 1 nitrogen and oxygen atoms in total. The first-order chi connectivity index (χ1) is 7.00. The minimum Gasteiger partial charge on any atom is -0.369 e. The van der Waals surface area contributed by atoms with Crippen LogP contribution in [0, 0.1) is 5.92 Å². The van der Waals surface area contributed by atoms with Crippen molar-refractivity contribution in [2.45, 2.75) is 59.7 Å². The van der Waals surface area contributed by atoms with Gasteiger partial charge in [-0.3, -0.25) is 0 Å². The van der Waals surface area contributed by atoms with E-state index in [0.717, 1.165) is 0 Å². The van der Waals surface area contributed by atoms with Crippen molar-refractivity contribution in [3.05, 3.63) is 0 Å². The zero-order valence-corrected chi connectivity index (χ0v) is 10.3. The Balaban J connectivity index is 0. The average molecular weight is 228 g/mol. The highest BCUT2D eigenvalue weighted by molar-refractivity contribution is 4.73. The van der Waals surface area contributed by atoms with E-state index < -0.39 is 12.3 Å². The van der Waals surface area contributed by atoms with Crippen LogP contribution < -0.4 is 0 Å². The van der Waals surface area contributed by atoms with Crippen LogP contribution in [0.3, 0.4) is 0 Å². The summed E-state index contributed by atoms with van der Waals surface area (Å²) in [5.41, 5.74) is 0. The van der Waals surface area contributed by atoms with Gasteiger partial charge >= 0.3 is 6.18 Å². The quantitative estimate of drug-likeness (QED) is 0.596. The molecule has 0 aliphatic carbocycles. The van der Waals surface area contributed by atoms with Gasteiger partial charge in [0.1, 0.15) is 0 Å². The summed E-state index contributed by atoms with van der Waals surface area (Å²) in [4.78, 5) is 0. The van der Waals surface area contributed by atoms with E-state index in [0.29, 0.717) is 6.42 Å². The average Bonchev–Trinajstić information content (AvgIpc) is 2.23. The van der Waals surface area contributed by atoms with Gasteiger partial charge in [-0.1, -0.05) is 34.6 Å². The fraction of sp³-hybridized carbons (Fsp3) is 1.00. The second kappa shape index (κ2) is 9.01. The maximum atomic E-state index is 11.9. The number of ether oxygens (including phenoxy) is 1. The molecule has 0 saturated carbocycles. The second-order valence-electron chi connectivity index (χ2n) is 3.05. The summed E-state index contributed by atoms with van der Waals surface area (Å²) in [7, 11) is 0. The van der Waals surface area contributed by atoms with Crippen molar-refractivity contribution in [2.75, 3.05) is 6.61 Å². The molecule has 0 bridgehead atoms. The molecule has 0 radical (unpaired) electrons. The molecule has 2 unspecified atom stereocenters. The number of rotatable bonds is 0. The maximum absolute atomic E-state index is 11.9. The van der Waals surface area contributed by atoms with Crippen LogP contribution in [0.25, 0.3) is 0 Å². The lowest BCUT2D eigenvalue weighted by atomic mass is 10.0. The molecule has 15 heavy (non-hydrogen) atoms. The van der Waals surface area contributed by atoms with E-state index >= 15 is 0 Å². The van der Waals surface area contributed by atoms with Gasteiger partial charge in [0.15, 0.2) is 6.10 Å². The van der Waals surface area contributed by atoms with Gasteiger partial charge in [-0.05, 0) is 18.8 Å². The van der Waals surface area contributed by atoms with E-state index in [9.17, 15) is 13.2 Å². The van der Waals surface area contributed by atoms with Gasteiger partial charge in [-0.25, -0.2) is 0 Å². The van der Waals surface area contributed by atoms with Gasteiger partial charge in [-0.15, -0.1) is 0 Å². The van der Waals surface area contributed by atoms with Gasteiger partial charge in [0, 0.05) is 6.61 Å². The van der Waals surface area contributed by atoms with E-state index in [1.165, 1.54) is 0 Å². The Morgan fingerprint density at radius 3 is 1.73 bits per heavy atom. The molecule has 0 aromatic carbocycles. The van der Waals surface area contributed by atoms with E-state index in [4.69, 9.17) is 0 Å². The minimum absolute atomic E-state index is 0.116. The highest BCUT2D eigenvalue weighted by Gasteiger charge is 2.42. The van der Waals surface area contributed by atoms with E-state index in [2.05, 4.69) is 4.74 Å². The summed E-state index contributed by atoms with van der Waals surface area (Å²) in [6.45, 7) is 10.1. The molecule has 1 saturated heterocycles. The zero-order chi connectivity index (χ0) is 12.5. The Kier molecular flexibility index (Phi) is 10.3. The number of halogens is 3. The van der Waals surface area contributed by atoms with Crippen molar-refractivity contribution in [3.8, 4) is 0 Å². The molecule has 1 aliphatic heterocycles. The van der Waals surface area contributed by atoms with Crippen LogP contribution in [0.2, 0.25) is 0 Å². The smallest absolute Gasteiger partial charge is 0.369 e. The van der Waals surface area contributed by atoms with E-state index in [-0.39, 0.29) is 18.9 Å². The highest BCUT2D eigenvalue weighted by atomic mass is 19.4. The van der Waals surface area contributed by atoms with E-state index in [1.807, 2.05) is 34.6 Å². The van der Waals surface area contributed by atoms with Crippen molar-refractivity contribution in [1.29, 1.82) is 0 Å². The standard InChI is InChI=1S/C7H11F3O.2C2H6/c1-5-2-3-6(11-4-5)7(8,9)10;2*1-2/h5-6H,2-4H2,1H3;2*1-2H3. The predicted molar refractivity (Wildman–Crippen MR) is 56.9 cm³/mol. The topological polar surface area (TPSA) is 9.23 Å². The molecule has 1 fully saturated rings. The zero-order valence-electron chi connectivity index (χ0n) is 10.3. The predicted octanol–water partition coefficient (Wildman–Crippen LogP) is 4.42. The lowest BCUT2D eigenvalue weighted by molar-refractivity contribution is -0.234. The number of hydrogen-bond acceptors (Lipinski definition) is 1. The Labute approximate surface area is 91.0 Å². The van der Waals surface area contributed by atoms with Gasteiger partial charge in [0.05, 0.1) is 0 Å². The van der Waals surface area contributed by atoms with E-state index in [1.54, 1.807) is 0 Å². The minimum atomic E-state index is -4.17. The van der Waals surface area contributed by atoms with Crippen LogP contribution in [-0.2, 0) is 4.74 Å². The van der Waals surface area contributed by atoms with Crippen molar-refractivity contribution in [2.24, 2.45) is 5.92 Å². The molecule has 1 aliphatic rings.